The van der Waals surface area contributed by atoms with E-state index in [0.717, 1.165) is 6.07 Å². The maximum absolute atomic E-state index is 14.9. The van der Waals surface area contributed by atoms with E-state index >= 15 is 0 Å². The predicted octanol–water partition coefficient (Wildman–Crippen LogP) is 3.73. The highest BCUT2D eigenvalue weighted by atomic mass is 32.2. The molecule has 5 rings (SSSR count). The fourth-order valence-corrected chi connectivity index (χ4v) is 5.76. The van der Waals surface area contributed by atoms with Crippen LogP contribution in [0, 0.1) is 5.82 Å². The first-order valence-corrected chi connectivity index (χ1v) is 12.4. The third kappa shape index (κ3) is 4.02. The lowest BCUT2D eigenvalue weighted by molar-refractivity contribution is 0.116. The van der Waals surface area contributed by atoms with E-state index < -0.39 is 28.0 Å². The highest BCUT2D eigenvalue weighted by molar-refractivity contribution is 7.91. The molecule has 1 aliphatic rings. The van der Waals surface area contributed by atoms with Gasteiger partial charge in [-0.3, -0.25) is 9.13 Å². The second-order valence-corrected chi connectivity index (χ2v) is 10.5. The van der Waals surface area contributed by atoms with Crippen molar-refractivity contribution in [2.24, 2.45) is 0 Å². The number of halogens is 3. The quantitative estimate of drug-likeness (QED) is 0.421. The van der Waals surface area contributed by atoms with Gasteiger partial charge in [0, 0.05) is 17.2 Å². The van der Waals surface area contributed by atoms with Gasteiger partial charge in [0.2, 0.25) is 5.89 Å². The number of alkyl halides is 2. The molecule has 0 unspecified atom stereocenters. The number of sulfone groups is 1. The molecule has 12 heteroatoms. The van der Waals surface area contributed by atoms with E-state index in [1.54, 1.807) is 28.8 Å². The van der Waals surface area contributed by atoms with Crippen LogP contribution in [0.3, 0.4) is 0 Å². The van der Waals surface area contributed by atoms with Crippen LogP contribution in [-0.2, 0) is 16.4 Å². The number of benzene rings is 2. The lowest BCUT2D eigenvalue weighted by atomic mass is 10.1. The number of hydrogen-bond donors (Lipinski definition) is 0. The van der Waals surface area contributed by atoms with Gasteiger partial charge in [0.15, 0.2) is 0 Å². The molecule has 34 heavy (non-hydrogen) atoms. The zero-order valence-corrected chi connectivity index (χ0v) is 18.5. The molecule has 1 fully saturated rings. The molecular formula is C22H19F3N4O4S. The fraction of sp³-hybridized carbons (Fsp3) is 0.318. The van der Waals surface area contributed by atoms with Crippen molar-refractivity contribution in [2.75, 3.05) is 11.5 Å². The monoisotopic (exact) mass is 492 g/mol. The van der Waals surface area contributed by atoms with Gasteiger partial charge in [-0.1, -0.05) is 18.2 Å². The molecule has 2 aromatic heterocycles. The van der Waals surface area contributed by atoms with Crippen molar-refractivity contribution in [1.82, 2.24) is 19.3 Å². The van der Waals surface area contributed by atoms with Crippen molar-refractivity contribution in [3.05, 3.63) is 70.2 Å². The SMILES string of the molecule is O=c1n(Cc2ccc(-c3nnc(C(F)F)o3)cc2F)c2ccccc2n1C1CCS(=O)(=O)CC1. The van der Waals surface area contributed by atoms with Crippen LogP contribution in [0.2, 0.25) is 0 Å². The Bertz CT molecular complexity index is 1530. The summed E-state index contributed by atoms with van der Waals surface area (Å²) in [4.78, 5) is 13.4. The molecule has 4 aromatic rings. The summed E-state index contributed by atoms with van der Waals surface area (Å²) >= 11 is 0. The van der Waals surface area contributed by atoms with Crippen molar-refractivity contribution in [2.45, 2.75) is 31.9 Å². The largest absolute Gasteiger partial charge is 0.415 e. The Hall–Kier alpha value is -3.41. The Labute approximate surface area is 191 Å². The second-order valence-electron chi connectivity index (χ2n) is 8.16. The lowest BCUT2D eigenvalue weighted by Gasteiger charge is -2.23. The summed E-state index contributed by atoms with van der Waals surface area (Å²) in [6, 6.07) is 10.8. The van der Waals surface area contributed by atoms with E-state index in [-0.39, 0.29) is 46.8 Å². The van der Waals surface area contributed by atoms with Gasteiger partial charge in [0.1, 0.15) is 15.7 Å². The molecule has 1 saturated heterocycles. The molecule has 0 spiro atoms. The van der Waals surface area contributed by atoms with Crippen molar-refractivity contribution < 1.29 is 26.0 Å². The molecule has 1 aliphatic heterocycles. The maximum Gasteiger partial charge on any atom is 0.329 e. The summed E-state index contributed by atoms with van der Waals surface area (Å²) < 4.78 is 71.9. The average molecular weight is 492 g/mol. The summed E-state index contributed by atoms with van der Waals surface area (Å²) in [6.45, 7) is -0.0738. The molecule has 8 nitrogen and oxygen atoms in total. The lowest BCUT2D eigenvalue weighted by Crippen LogP contribution is -2.33. The third-order valence-corrected chi connectivity index (χ3v) is 7.73. The summed E-state index contributed by atoms with van der Waals surface area (Å²) in [6.07, 6.45) is -2.26. The molecule has 3 heterocycles. The Morgan fingerprint density at radius 1 is 1.06 bits per heavy atom. The minimum Gasteiger partial charge on any atom is -0.415 e. The highest BCUT2D eigenvalue weighted by Gasteiger charge is 2.28. The van der Waals surface area contributed by atoms with Crippen LogP contribution in [-0.4, -0.2) is 39.3 Å². The van der Waals surface area contributed by atoms with Crippen molar-refractivity contribution >= 4 is 20.9 Å². The maximum atomic E-state index is 14.9. The van der Waals surface area contributed by atoms with Crippen LogP contribution in [0.25, 0.3) is 22.5 Å². The first-order valence-electron chi connectivity index (χ1n) is 10.5. The third-order valence-electron chi connectivity index (χ3n) is 6.01. The zero-order valence-electron chi connectivity index (χ0n) is 17.7. The summed E-state index contributed by atoms with van der Waals surface area (Å²) in [5.74, 6) is -1.72. The normalized spacial score (nSPS) is 16.5. The Balaban J connectivity index is 1.50. The second kappa shape index (κ2) is 8.42. The van der Waals surface area contributed by atoms with Crippen LogP contribution >= 0.6 is 0 Å². The van der Waals surface area contributed by atoms with Crippen molar-refractivity contribution in [3.8, 4) is 11.5 Å². The topological polar surface area (TPSA) is 100.0 Å². The molecule has 0 bridgehead atoms. The minimum atomic E-state index is -3.10. The number of aromatic nitrogens is 4. The highest BCUT2D eigenvalue weighted by Crippen LogP contribution is 2.28. The standard InChI is InChI=1S/C22H19F3N4O4S/c23-16-11-13(20-26-27-21(33-20)19(24)25)5-6-14(16)12-28-17-3-1-2-4-18(17)29(22(28)30)15-7-9-34(31,32)10-8-15/h1-6,11,15,19H,7-10,12H2. The van der Waals surface area contributed by atoms with Crippen LogP contribution in [0.5, 0.6) is 0 Å². The van der Waals surface area contributed by atoms with Gasteiger partial charge in [-0.05, 0) is 37.1 Å². The Morgan fingerprint density at radius 3 is 2.41 bits per heavy atom. The molecule has 2 aromatic carbocycles. The number of imidazole rings is 1. The number of para-hydroxylation sites is 2. The number of hydrogen-bond acceptors (Lipinski definition) is 6. The molecule has 0 atom stereocenters. The molecule has 0 N–H and O–H groups in total. The van der Waals surface area contributed by atoms with Gasteiger partial charge < -0.3 is 4.42 Å². The van der Waals surface area contributed by atoms with Crippen LogP contribution < -0.4 is 5.69 Å². The zero-order chi connectivity index (χ0) is 24.0. The van der Waals surface area contributed by atoms with E-state index in [2.05, 4.69) is 10.2 Å². The molecule has 0 saturated carbocycles. The fourth-order valence-electron chi connectivity index (χ4n) is 4.29. The van der Waals surface area contributed by atoms with E-state index in [9.17, 15) is 26.4 Å². The smallest absolute Gasteiger partial charge is 0.329 e. The molecule has 178 valence electrons. The molecular weight excluding hydrogens is 473 g/mol. The van der Waals surface area contributed by atoms with Crippen molar-refractivity contribution in [3.63, 3.8) is 0 Å². The molecule has 0 radical (unpaired) electrons. The van der Waals surface area contributed by atoms with E-state index in [4.69, 9.17) is 4.42 Å². The van der Waals surface area contributed by atoms with Crippen LogP contribution in [0.4, 0.5) is 13.2 Å². The van der Waals surface area contributed by atoms with Crippen LogP contribution in [0.15, 0.2) is 51.7 Å². The van der Waals surface area contributed by atoms with Gasteiger partial charge in [0.25, 0.3) is 5.89 Å². The molecule has 0 aliphatic carbocycles. The van der Waals surface area contributed by atoms with Gasteiger partial charge >= 0.3 is 12.1 Å². The van der Waals surface area contributed by atoms with E-state index in [1.807, 2.05) is 0 Å². The summed E-state index contributed by atoms with van der Waals surface area (Å²) in [5.41, 5.74) is 1.24. The first kappa shape index (κ1) is 22.4. The van der Waals surface area contributed by atoms with Gasteiger partial charge in [0.05, 0.1) is 29.1 Å². The first-order chi connectivity index (χ1) is 16.2. The van der Waals surface area contributed by atoms with Gasteiger partial charge in [-0.2, -0.15) is 8.78 Å². The van der Waals surface area contributed by atoms with E-state index in [1.165, 1.54) is 16.7 Å². The van der Waals surface area contributed by atoms with Gasteiger partial charge in [-0.25, -0.2) is 17.6 Å². The summed E-state index contributed by atoms with van der Waals surface area (Å²) in [7, 11) is -3.10. The van der Waals surface area contributed by atoms with Crippen LogP contribution in [0.1, 0.15) is 36.8 Å². The predicted molar refractivity (Wildman–Crippen MR) is 117 cm³/mol. The minimum absolute atomic E-state index is 0.0165. The van der Waals surface area contributed by atoms with Crippen molar-refractivity contribution in [1.29, 1.82) is 0 Å². The molecule has 0 amide bonds. The average Bonchev–Trinajstić information content (AvgIpc) is 3.40. The Morgan fingerprint density at radius 2 is 1.76 bits per heavy atom. The van der Waals surface area contributed by atoms with Gasteiger partial charge in [-0.15, -0.1) is 10.2 Å². The number of rotatable bonds is 5. The Kier molecular flexibility index (Phi) is 5.54. The summed E-state index contributed by atoms with van der Waals surface area (Å²) in [5, 5.41) is 6.76. The van der Waals surface area contributed by atoms with E-state index in [0.29, 0.717) is 23.9 Å². The number of nitrogens with zero attached hydrogens (tertiary/aromatic N) is 4. The number of fused-ring (bicyclic) bond motifs is 1.